The molecule has 8 rings (SSSR count). The fourth-order valence-corrected chi connectivity index (χ4v) is 14.4. The second-order valence-corrected chi connectivity index (χ2v) is 19.2. The normalized spacial score (nSPS) is 45.9. The van der Waals surface area contributed by atoms with Gasteiger partial charge in [-0.2, -0.15) is 0 Å². The number of hydrogen-bond acceptors (Lipinski definition) is 6. The highest BCUT2D eigenvalue weighted by atomic mass is 19.1. The molecule has 8 nitrogen and oxygen atoms in total. The van der Waals surface area contributed by atoms with Gasteiger partial charge in [-0.05, 0) is 114 Å². The lowest BCUT2D eigenvalue weighted by molar-refractivity contribution is -0.247. The molecule has 0 aromatic heterocycles. The standard InChI is InChI=1S/C42H60F2N2O6/c1-24-16-30(21-46(26(3)48)20-27-17-28(43)19-29(44)18-27)51-36-35(24)39(6)12-13-42-23-41(42)11-10-33(52-34-22-45(25(2)47)14-15-50-34)38(4,5)31(41)8-9-32(42)40(39,7)37(36)49/h17-19,24,30-37,49H,8-16,20-23H2,1-7H3/t24-,30?,31+,32?,33?,34?,35?,36?,37+,39?,40-,41?,42?/m1/s1. The molecule has 2 spiro atoms. The van der Waals surface area contributed by atoms with Gasteiger partial charge in [-0.15, -0.1) is 0 Å². The molecule has 2 aliphatic heterocycles. The third kappa shape index (κ3) is 5.22. The van der Waals surface area contributed by atoms with Crippen molar-refractivity contribution in [1.82, 2.24) is 9.80 Å². The molecule has 0 bridgehead atoms. The molecule has 13 atom stereocenters. The number of morpholine rings is 1. The van der Waals surface area contributed by atoms with Crippen molar-refractivity contribution in [2.75, 3.05) is 26.2 Å². The van der Waals surface area contributed by atoms with Crippen LogP contribution in [-0.4, -0.2) is 83.7 Å². The van der Waals surface area contributed by atoms with Crippen molar-refractivity contribution in [3.63, 3.8) is 0 Å². The Balaban J connectivity index is 1.00. The van der Waals surface area contributed by atoms with E-state index in [1.807, 2.05) is 4.90 Å². The fourth-order valence-electron chi connectivity index (χ4n) is 14.4. The van der Waals surface area contributed by atoms with Crippen molar-refractivity contribution in [1.29, 1.82) is 0 Å². The summed E-state index contributed by atoms with van der Waals surface area (Å²) in [5, 5.41) is 12.6. The highest BCUT2D eigenvalue weighted by Crippen LogP contribution is 2.89. The predicted molar refractivity (Wildman–Crippen MR) is 190 cm³/mol. The smallest absolute Gasteiger partial charge is 0.219 e. The van der Waals surface area contributed by atoms with Crippen molar-refractivity contribution in [3.8, 4) is 0 Å². The van der Waals surface area contributed by atoms with Gasteiger partial charge in [-0.25, -0.2) is 8.78 Å². The Morgan fingerprint density at radius 2 is 1.69 bits per heavy atom. The molecule has 1 aromatic carbocycles. The molecule has 2 amide bonds. The Hall–Kier alpha value is -2.14. The number of hydrogen-bond donors (Lipinski definition) is 1. The number of rotatable bonds is 6. The number of carbonyl (C=O) groups excluding carboxylic acids is 2. The monoisotopic (exact) mass is 726 g/mol. The molecule has 7 fully saturated rings. The summed E-state index contributed by atoms with van der Waals surface area (Å²) in [6, 6.07) is 3.39. The van der Waals surface area contributed by atoms with Crippen LogP contribution in [0.15, 0.2) is 18.2 Å². The van der Waals surface area contributed by atoms with Gasteiger partial charge in [-0.3, -0.25) is 9.59 Å². The summed E-state index contributed by atoms with van der Waals surface area (Å²) >= 11 is 0. The minimum absolute atomic E-state index is 0.0385. The second-order valence-electron chi connectivity index (χ2n) is 19.2. The Morgan fingerprint density at radius 1 is 1.00 bits per heavy atom. The number of ether oxygens (including phenoxy) is 3. The van der Waals surface area contributed by atoms with Crippen LogP contribution in [0.4, 0.5) is 8.78 Å². The summed E-state index contributed by atoms with van der Waals surface area (Å²) in [6.45, 7) is 17.1. The number of fused-ring (bicyclic) bond motifs is 4. The van der Waals surface area contributed by atoms with E-state index < -0.39 is 17.7 Å². The number of amides is 2. The molecule has 5 saturated carbocycles. The lowest BCUT2D eigenvalue weighted by Crippen LogP contribution is -2.60. The second kappa shape index (κ2) is 12.4. The van der Waals surface area contributed by atoms with Crippen LogP contribution in [0, 0.1) is 62.4 Å². The summed E-state index contributed by atoms with van der Waals surface area (Å²) in [6.07, 6.45) is 7.05. The van der Waals surface area contributed by atoms with E-state index in [9.17, 15) is 23.5 Å². The molecule has 0 radical (unpaired) electrons. The Morgan fingerprint density at radius 3 is 2.38 bits per heavy atom. The molecule has 2 heterocycles. The van der Waals surface area contributed by atoms with Crippen molar-refractivity contribution in [2.45, 2.75) is 137 Å². The highest BCUT2D eigenvalue weighted by molar-refractivity contribution is 5.73. The van der Waals surface area contributed by atoms with Gasteiger partial charge in [0.2, 0.25) is 11.8 Å². The summed E-state index contributed by atoms with van der Waals surface area (Å²) < 4.78 is 47.7. The van der Waals surface area contributed by atoms with Crippen molar-refractivity contribution in [3.05, 3.63) is 35.4 Å². The summed E-state index contributed by atoms with van der Waals surface area (Å²) in [4.78, 5) is 28.3. The van der Waals surface area contributed by atoms with Gasteiger partial charge in [0.1, 0.15) is 11.6 Å². The van der Waals surface area contributed by atoms with E-state index in [4.69, 9.17) is 14.2 Å². The van der Waals surface area contributed by atoms with Crippen LogP contribution in [0.3, 0.4) is 0 Å². The molecule has 2 saturated heterocycles. The molecule has 10 heteroatoms. The maximum absolute atomic E-state index is 14.0. The van der Waals surface area contributed by atoms with Gasteiger partial charge < -0.3 is 29.1 Å². The number of aliphatic hydroxyl groups excluding tert-OH is 1. The first-order valence-electron chi connectivity index (χ1n) is 20.0. The van der Waals surface area contributed by atoms with Crippen LogP contribution in [0.5, 0.6) is 0 Å². The van der Waals surface area contributed by atoms with Gasteiger partial charge in [-0.1, -0.05) is 34.6 Å². The highest BCUT2D eigenvalue weighted by Gasteiger charge is 2.84. The van der Waals surface area contributed by atoms with Gasteiger partial charge in [0.15, 0.2) is 6.29 Å². The van der Waals surface area contributed by atoms with Crippen LogP contribution >= 0.6 is 0 Å². The van der Waals surface area contributed by atoms with Crippen LogP contribution in [-0.2, 0) is 30.3 Å². The first-order chi connectivity index (χ1) is 24.5. The number of aliphatic hydroxyl groups is 1. The Bertz CT molecular complexity index is 1590. The molecule has 1 N–H and O–H groups in total. The van der Waals surface area contributed by atoms with Gasteiger partial charge in [0, 0.05) is 45.0 Å². The topological polar surface area (TPSA) is 88.5 Å². The SMILES string of the molecule is CC(=O)N(Cc1cc(F)cc(F)c1)CC1C[C@@H](C)C2C(O1)[C@H](O)[C@@]1(C)C3CC[C@H]4C(C)(C)C(OC5CN(C(C)=O)CCO5)CCC45CC35CCC21C. The number of benzene rings is 1. The van der Waals surface area contributed by atoms with Crippen LogP contribution in [0.1, 0.15) is 105 Å². The van der Waals surface area contributed by atoms with E-state index in [1.54, 1.807) is 11.8 Å². The minimum atomic E-state index is -0.660. The van der Waals surface area contributed by atoms with Gasteiger partial charge in [0.25, 0.3) is 0 Å². The van der Waals surface area contributed by atoms with Crippen LogP contribution in [0.25, 0.3) is 0 Å². The summed E-state index contributed by atoms with van der Waals surface area (Å²) in [5.74, 6) is 0.00262. The molecular formula is C42H60F2N2O6. The number of carbonyl (C=O) groups is 2. The molecule has 52 heavy (non-hydrogen) atoms. The van der Waals surface area contributed by atoms with E-state index >= 15 is 0 Å². The first kappa shape index (κ1) is 36.8. The Labute approximate surface area is 308 Å². The third-order valence-electron chi connectivity index (χ3n) is 16.8. The van der Waals surface area contributed by atoms with Crippen molar-refractivity contribution < 1.29 is 37.7 Å². The van der Waals surface area contributed by atoms with E-state index in [2.05, 4.69) is 34.6 Å². The van der Waals surface area contributed by atoms with Crippen molar-refractivity contribution >= 4 is 11.8 Å². The number of nitrogens with zero attached hydrogens (tertiary/aromatic N) is 2. The fraction of sp³-hybridized carbons (Fsp3) is 0.810. The average molecular weight is 727 g/mol. The predicted octanol–water partition coefficient (Wildman–Crippen LogP) is 6.72. The maximum atomic E-state index is 14.0. The molecular weight excluding hydrogens is 666 g/mol. The zero-order valence-electron chi connectivity index (χ0n) is 32.3. The number of halogens is 2. The molecule has 9 unspecified atom stereocenters. The zero-order chi connectivity index (χ0) is 37.2. The van der Waals surface area contributed by atoms with E-state index in [-0.39, 0.29) is 81.9 Å². The third-order valence-corrected chi connectivity index (χ3v) is 16.8. The Kier molecular flexibility index (Phi) is 8.81. The van der Waals surface area contributed by atoms with Gasteiger partial charge in [0.05, 0.1) is 37.6 Å². The summed E-state index contributed by atoms with van der Waals surface area (Å²) in [7, 11) is 0. The van der Waals surface area contributed by atoms with Crippen molar-refractivity contribution in [2.24, 2.45) is 50.7 Å². The first-order valence-corrected chi connectivity index (χ1v) is 20.0. The lowest BCUT2D eigenvalue weighted by Gasteiger charge is -2.64. The largest absolute Gasteiger partial charge is 0.390 e. The zero-order valence-corrected chi connectivity index (χ0v) is 32.3. The maximum Gasteiger partial charge on any atom is 0.219 e. The van der Waals surface area contributed by atoms with Crippen LogP contribution in [0.2, 0.25) is 0 Å². The molecule has 7 aliphatic rings. The molecule has 1 aromatic rings. The quantitative estimate of drug-likeness (QED) is 0.351. The van der Waals surface area contributed by atoms with E-state index in [1.165, 1.54) is 31.9 Å². The van der Waals surface area contributed by atoms with E-state index in [0.29, 0.717) is 43.6 Å². The minimum Gasteiger partial charge on any atom is -0.390 e. The average Bonchev–Trinajstić information content (AvgIpc) is 3.70. The lowest BCUT2D eigenvalue weighted by atomic mass is 9.41. The van der Waals surface area contributed by atoms with Crippen LogP contribution < -0.4 is 0 Å². The molecule has 288 valence electrons. The van der Waals surface area contributed by atoms with Gasteiger partial charge >= 0.3 is 0 Å². The van der Waals surface area contributed by atoms with E-state index in [0.717, 1.165) is 44.6 Å². The summed E-state index contributed by atoms with van der Waals surface area (Å²) in [5.41, 5.74) is 0.450. The molecule has 5 aliphatic carbocycles.